The molecule has 6 nitrogen and oxygen atoms in total. The number of ketones is 1. The summed E-state index contributed by atoms with van der Waals surface area (Å²) in [5.74, 6) is -1.12. The Morgan fingerprint density at radius 1 is 1.14 bits per heavy atom. The molecule has 1 fully saturated rings. The first-order valence-electron chi connectivity index (χ1n) is 9.42. The van der Waals surface area contributed by atoms with Gasteiger partial charge in [0.15, 0.2) is 0 Å². The fraction of sp³-hybridized carbons (Fsp3) is 0.318. The van der Waals surface area contributed by atoms with Crippen LogP contribution in [-0.4, -0.2) is 40.3 Å². The van der Waals surface area contributed by atoms with Gasteiger partial charge in [0.2, 0.25) is 0 Å². The number of methoxy groups -OCH3 is 1. The van der Waals surface area contributed by atoms with Crippen molar-refractivity contribution < 1.29 is 19.4 Å². The number of ether oxygens (including phenoxy) is 1. The van der Waals surface area contributed by atoms with Crippen molar-refractivity contribution in [2.45, 2.75) is 32.2 Å². The molecule has 0 radical (unpaired) electrons. The Kier molecular flexibility index (Phi) is 6.09. The van der Waals surface area contributed by atoms with Crippen LogP contribution in [0.15, 0.2) is 54.2 Å². The van der Waals surface area contributed by atoms with Crippen molar-refractivity contribution in [3.05, 3.63) is 65.5 Å². The number of Topliss-reactive ketones (excluding diaryl/α,β-unsaturated/α-hetero) is 1. The Bertz CT molecular complexity index is 892. The molecule has 2 aromatic rings. The molecular formula is C22H24N2O4. The maximum absolute atomic E-state index is 12.9. The van der Waals surface area contributed by atoms with Gasteiger partial charge < -0.3 is 14.7 Å². The third-order valence-corrected chi connectivity index (χ3v) is 4.87. The van der Waals surface area contributed by atoms with Crippen LogP contribution in [0.5, 0.6) is 5.75 Å². The van der Waals surface area contributed by atoms with Crippen LogP contribution in [0, 0.1) is 0 Å². The second-order valence-corrected chi connectivity index (χ2v) is 6.65. The van der Waals surface area contributed by atoms with Gasteiger partial charge in [-0.3, -0.25) is 14.6 Å². The van der Waals surface area contributed by atoms with E-state index in [0.717, 1.165) is 19.3 Å². The highest BCUT2D eigenvalue weighted by molar-refractivity contribution is 6.46. The average molecular weight is 380 g/mol. The molecule has 1 N–H and O–H groups in total. The second-order valence-electron chi connectivity index (χ2n) is 6.65. The minimum atomic E-state index is -0.719. The van der Waals surface area contributed by atoms with E-state index in [1.807, 2.05) is 0 Å². The molecule has 1 amide bonds. The number of aromatic nitrogens is 1. The lowest BCUT2D eigenvalue weighted by Crippen LogP contribution is -2.31. The van der Waals surface area contributed by atoms with Crippen molar-refractivity contribution in [3.8, 4) is 5.75 Å². The van der Waals surface area contributed by atoms with Gasteiger partial charge in [-0.2, -0.15) is 0 Å². The summed E-state index contributed by atoms with van der Waals surface area (Å²) in [4.78, 5) is 31.5. The van der Waals surface area contributed by atoms with Crippen molar-refractivity contribution in [1.82, 2.24) is 9.88 Å². The number of para-hydroxylation sites is 1. The van der Waals surface area contributed by atoms with Crippen molar-refractivity contribution in [2.75, 3.05) is 13.7 Å². The Morgan fingerprint density at radius 3 is 2.57 bits per heavy atom. The number of benzene rings is 1. The molecule has 0 saturated carbocycles. The fourth-order valence-electron chi connectivity index (χ4n) is 3.47. The van der Waals surface area contributed by atoms with Crippen molar-refractivity contribution in [2.24, 2.45) is 0 Å². The van der Waals surface area contributed by atoms with Gasteiger partial charge in [-0.15, -0.1) is 0 Å². The molecule has 146 valence electrons. The van der Waals surface area contributed by atoms with Gasteiger partial charge in [-0.25, -0.2) is 0 Å². The Balaban J connectivity index is 2.14. The lowest BCUT2D eigenvalue weighted by Gasteiger charge is -2.24. The Labute approximate surface area is 164 Å². The van der Waals surface area contributed by atoms with E-state index in [0.29, 0.717) is 23.6 Å². The molecule has 0 spiro atoms. The first kappa shape index (κ1) is 19.6. The third-order valence-electron chi connectivity index (χ3n) is 4.87. The highest BCUT2D eigenvalue weighted by Crippen LogP contribution is 2.40. The van der Waals surface area contributed by atoms with E-state index in [-0.39, 0.29) is 11.3 Å². The fourth-order valence-corrected chi connectivity index (χ4v) is 3.47. The molecule has 1 aliphatic heterocycles. The number of nitrogens with zero attached hydrogens (tertiary/aromatic N) is 2. The number of amides is 1. The molecule has 1 saturated heterocycles. The van der Waals surface area contributed by atoms with E-state index in [4.69, 9.17) is 4.74 Å². The summed E-state index contributed by atoms with van der Waals surface area (Å²) in [6, 6.07) is 11.5. The van der Waals surface area contributed by atoms with Gasteiger partial charge in [0.1, 0.15) is 17.6 Å². The van der Waals surface area contributed by atoms with E-state index in [1.54, 1.807) is 48.7 Å². The first-order valence-corrected chi connectivity index (χ1v) is 9.42. The molecule has 1 aromatic heterocycles. The molecule has 1 aliphatic rings. The highest BCUT2D eigenvalue weighted by Gasteiger charge is 2.46. The van der Waals surface area contributed by atoms with Crippen LogP contribution in [0.3, 0.4) is 0 Å². The molecule has 0 aliphatic carbocycles. The summed E-state index contributed by atoms with van der Waals surface area (Å²) in [7, 11) is 1.49. The van der Waals surface area contributed by atoms with Gasteiger partial charge >= 0.3 is 0 Å². The Hall–Kier alpha value is -3.15. The molecule has 1 unspecified atom stereocenters. The van der Waals surface area contributed by atoms with Crippen LogP contribution < -0.4 is 4.74 Å². The largest absolute Gasteiger partial charge is 0.507 e. The van der Waals surface area contributed by atoms with E-state index >= 15 is 0 Å². The number of aliphatic hydroxyl groups excluding tert-OH is 1. The quantitative estimate of drug-likeness (QED) is 0.343. The first-order chi connectivity index (χ1) is 13.6. The topological polar surface area (TPSA) is 79.7 Å². The van der Waals surface area contributed by atoms with E-state index in [1.165, 1.54) is 12.0 Å². The van der Waals surface area contributed by atoms with Gasteiger partial charge in [0.05, 0.1) is 23.9 Å². The minimum Gasteiger partial charge on any atom is -0.507 e. The molecular weight excluding hydrogens is 356 g/mol. The van der Waals surface area contributed by atoms with Crippen molar-refractivity contribution in [3.63, 3.8) is 0 Å². The maximum Gasteiger partial charge on any atom is 0.295 e. The standard InChI is InChI=1S/C22H24N2O4/c1-3-4-9-14-24-19(16-11-7-8-13-23-16)18(21(26)22(24)27)20(25)15-10-5-6-12-17(15)28-2/h5-8,10-13,19,25H,3-4,9,14H2,1-2H3/b20-18-. The Morgan fingerprint density at radius 2 is 1.89 bits per heavy atom. The van der Waals surface area contributed by atoms with Gasteiger partial charge in [0, 0.05) is 12.7 Å². The molecule has 0 bridgehead atoms. The summed E-state index contributed by atoms with van der Waals surface area (Å²) >= 11 is 0. The maximum atomic E-state index is 12.9. The van der Waals surface area contributed by atoms with Crippen LogP contribution >= 0.6 is 0 Å². The van der Waals surface area contributed by atoms with Crippen LogP contribution in [0.4, 0.5) is 0 Å². The number of aliphatic hydroxyl groups is 1. The zero-order valence-corrected chi connectivity index (χ0v) is 16.1. The molecule has 6 heteroatoms. The minimum absolute atomic E-state index is 0.0460. The molecule has 28 heavy (non-hydrogen) atoms. The van der Waals surface area contributed by atoms with Gasteiger partial charge in [-0.1, -0.05) is 38.0 Å². The number of rotatable bonds is 7. The van der Waals surface area contributed by atoms with Gasteiger partial charge in [0.25, 0.3) is 11.7 Å². The number of hydrogen-bond acceptors (Lipinski definition) is 5. The third kappa shape index (κ3) is 3.63. The molecule has 1 atom stereocenters. The summed E-state index contributed by atoms with van der Waals surface area (Å²) < 4.78 is 5.32. The zero-order chi connectivity index (χ0) is 20.1. The summed E-state index contributed by atoms with van der Waals surface area (Å²) in [5, 5.41) is 11.0. The van der Waals surface area contributed by atoms with E-state index in [2.05, 4.69) is 11.9 Å². The molecule has 1 aromatic carbocycles. The number of pyridine rings is 1. The predicted octanol–water partition coefficient (Wildman–Crippen LogP) is 3.70. The number of hydrogen-bond donors (Lipinski definition) is 1. The van der Waals surface area contributed by atoms with Crippen molar-refractivity contribution >= 4 is 17.4 Å². The number of likely N-dealkylation sites (tertiary alicyclic amines) is 1. The lowest BCUT2D eigenvalue weighted by molar-refractivity contribution is -0.140. The second kappa shape index (κ2) is 8.69. The number of carbonyl (C=O) groups is 2. The summed E-state index contributed by atoms with van der Waals surface area (Å²) in [5.41, 5.74) is 0.969. The lowest BCUT2D eigenvalue weighted by atomic mass is 9.98. The summed E-state index contributed by atoms with van der Waals surface area (Å²) in [6.45, 7) is 2.51. The van der Waals surface area contributed by atoms with Crippen LogP contribution in [0.25, 0.3) is 5.76 Å². The van der Waals surface area contributed by atoms with E-state index in [9.17, 15) is 14.7 Å². The molecule has 3 rings (SSSR count). The zero-order valence-electron chi connectivity index (χ0n) is 16.1. The smallest absolute Gasteiger partial charge is 0.295 e. The van der Waals surface area contributed by atoms with Crippen molar-refractivity contribution in [1.29, 1.82) is 0 Å². The molecule has 2 heterocycles. The highest BCUT2D eigenvalue weighted by atomic mass is 16.5. The van der Waals surface area contributed by atoms with E-state index < -0.39 is 17.7 Å². The van der Waals surface area contributed by atoms with Crippen LogP contribution in [-0.2, 0) is 9.59 Å². The van der Waals surface area contributed by atoms with Crippen LogP contribution in [0.2, 0.25) is 0 Å². The number of carbonyl (C=O) groups excluding carboxylic acids is 2. The van der Waals surface area contributed by atoms with Crippen LogP contribution in [0.1, 0.15) is 43.5 Å². The van der Waals surface area contributed by atoms with Gasteiger partial charge in [-0.05, 0) is 30.7 Å². The number of unbranched alkanes of at least 4 members (excludes halogenated alkanes) is 2. The average Bonchev–Trinajstić information content (AvgIpc) is 2.99. The predicted molar refractivity (Wildman–Crippen MR) is 106 cm³/mol. The normalized spacial score (nSPS) is 18.5. The SMILES string of the molecule is CCCCCN1C(=O)C(=O)/C(=C(\O)c2ccccc2OC)C1c1ccccn1. The summed E-state index contributed by atoms with van der Waals surface area (Å²) in [6.07, 6.45) is 4.34. The monoisotopic (exact) mass is 380 g/mol.